The summed E-state index contributed by atoms with van der Waals surface area (Å²) in [7, 11) is 0. The van der Waals surface area contributed by atoms with Gasteiger partial charge < -0.3 is 14.8 Å². The van der Waals surface area contributed by atoms with Crippen LogP contribution < -0.4 is 5.56 Å². The molecule has 0 aromatic carbocycles. The van der Waals surface area contributed by atoms with Crippen LogP contribution in [0.15, 0.2) is 10.9 Å². The van der Waals surface area contributed by atoms with Crippen LogP contribution in [0.2, 0.25) is 0 Å². The normalized spacial score (nSPS) is 15.4. The Morgan fingerprint density at radius 2 is 2.00 bits per heavy atom. The fraction of sp³-hybridized carbons (Fsp3) is 0.625. The molecule has 0 bridgehead atoms. The summed E-state index contributed by atoms with van der Waals surface area (Å²) in [6.07, 6.45) is 2.49. The van der Waals surface area contributed by atoms with Gasteiger partial charge in [-0.25, -0.2) is 0 Å². The number of pyridine rings is 1. The maximum Gasteiger partial charge on any atom is 0.261 e. The summed E-state index contributed by atoms with van der Waals surface area (Å²) in [6, 6.07) is 1.70. The number of aromatic nitrogens is 1. The number of hydrogen-bond donors (Lipinski definition) is 1. The summed E-state index contributed by atoms with van der Waals surface area (Å²) in [5.41, 5.74) is 1.72. The molecule has 116 valence electrons. The zero-order valence-corrected chi connectivity index (χ0v) is 13.2. The summed E-state index contributed by atoms with van der Waals surface area (Å²) in [5, 5.41) is 0. The predicted molar refractivity (Wildman–Crippen MR) is 83.8 cm³/mol. The van der Waals surface area contributed by atoms with Crippen LogP contribution in [0.3, 0.4) is 0 Å². The van der Waals surface area contributed by atoms with Gasteiger partial charge in [-0.3, -0.25) is 9.59 Å². The number of H-pyrrole nitrogens is 1. The summed E-state index contributed by atoms with van der Waals surface area (Å²) in [5.74, 6) is -0.166. The highest BCUT2D eigenvalue weighted by molar-refractivity contribution is 5.94. The minimum Gasteiger partial charge on any atom is -0.337 e. The lowest BCUT2D eigenvalue weighted by atomic mass is 10.1. The molecule has 0 saturated carbocycles. The van der Waals surface area contributed by atoms with Crippen LogP contribution >= 0.6 is 0 Å². The standard InChI is InChI=1S/C16H25N3O2/c1-4-19(10-9-18-7-5-6-8-18)16(21)14-11-12(2)13(3)17-15(14)20/h11H,4-10H2,1-3H3,(H,17,20). The van der Waals surface area contributed by atoms with Crippen LogP contribution in [0.25, 0.3) is 0 Å². The van der Waals surface area contributed by atoms with E-state index in [1.165, 1.54) is 12.8 Å². The first-order valence-electron chi connectivity index (χ1n) is 7.75. The summed E-state index contributed by atoms with van der Waals surface area (Å²) in [4.78, 5) is 31.4. The van der Waals surface area contributed by atoms with Crippen molar-refractivity contribution in [3.05, 3.63) is 33.2 Å². The zero-order chi connectivity index (χ0) is 15.4. The molecule has 2 heterocycles. The van der Waals surface area contributed by atoms with Crippen LogP contribution in [0.4, 0.5) is 0 Å². The van der Waals surface area contributed by atoms with E-state index in [1.54, 1.807) is 11.0 Å². The second kappa shape index (κ2) is 6.89. The Labute approximate surface area is 126 Å². The van der Waals surface area contributed by atoms with Crippen molar-refractivity contribution in [2.45, 2.75) is 33.6 Å². The van der Waals surface area contributed by atoms with Crippen LogP contribution in [0.1, 0.15) is 41.4 Å². The van der Waals surface area contributed by atoms with Crippen LogP contribution in [0, 0.1) is 13.8 Å². The molecule has 0 atom stereocenters. The highest BCUT2D eigenvalue weighted by atomic mass is 16.2. The van der Waals surface area contributed by atoms with E-state index in [0.29, 0.717) is 13.1 Å². The summed E-state index contributed by atoms with van der Waals surface area (Å²) < 4.78 is 0. The number of amides is 1. The molecule has 1 amide bonds. The fourth-order valence-corrected chi connectivity index (χ4v) is 2.73. The highest BCUT2D eigenvalue weighted by Crippen LogP contribution is 2.09. The fourth-order valence-electron chi connectivity index (χ4n) is 2.73. The van der Waals surface area contributed by atoms with E-state index in [1.807, 2.05) is 20.8 Å². The lowest BCUT2D eigenvalue weighted by molar-refractivity contribution is 0.0747. The molecule has 0 spiro atoms. The number of nitrogens with one attached hydrogen (secondary N) is 1. The molecule has 0 aliphatic carbocycles. The molecule has 1 aromatic heterocycles. The van der Waals surface area contributed by atoms with E-state index < -0.39 is 0 Å². The Kier molecular flexibility index (Phi) is 5.17. The van der Waals surface area contributed by atoms with Crippen molar-refractivity contribution in [2.75, 3.05) is 32.7 Å². The topological polar surface area (TPSA) is 56.4 Å². The van der Waals surface area contributed by atoms with E-state index in [0.717, 1.165) is 30.9 Å². The van der Waals surface area contributed by atoms with Gasteiger partial charge in [0.2, 0.25) is 0 Å². The molecule has 1 aliphatic rings. The molecular weight excluding hydrogens is 266 g/mol. The quantitative estimate of drug-likeness (QED) is 0.895. The first-order chi connectivity index (χ1) is 10.0. The molecule has 1 fully saturated rings. The van der Waals surface area contributed by atoms with Crippen molar-refractivity contribution in [1.29, 1.82) is 0 Å². The molecule has 2 rings (SSSR count). The molecule has 1 aromatic rings. The van der Waals surface area contributed by atoms with Crippen molar-refractivity contribution in [3.8, 4) is 0 Å². The average Bonchev–Trinajstić information content (AvgIpc) is 2.96. The first-order valence-corrected chi connectivity index (χ1v) is 7.75. The van der Waals surface area contributed by atoms with E-state index in [9.17, 15) is 9.59 Å². The first kappa shape index (κ1) is 15.8. The highest BCUT2D eigenvalue weighted by Gasteiger charge is 2.20. The van der Waals surface area contributed by atoms with Gasteiger partial charge in [0.05, 0.1) is 0 Å². The lowest BCUT2D eigenvalue weighted by Gasteiger charge is -2.24. The third kappa shape index (κ3) is 3.73. The Hall–Kier alpha value is -1.62. The zero-order valence-electron chi connectivity index (χ0n) is 13.2. The number of aryl methyl sites for hydroxylation is 2. The number of likely N-dealkylation sites (N-methyl/N-ethyl adjacent to an activating group) is 1. The van der Waals surface area contributed by atoms with Crippen LogP contribution in [-0.2, 0) is 0 Å². The smallest absolute Gasteiger partial charge is 0.261 e. The van der Waals surface area contributed by atoms with E-state index >= 15 is 0 Å². The third-order valence-electron chi connectivity index (χ3n) is 4.28. The molecule has 1 N–H and O–H groups in total. The number of hydrogen-bond acceptors (Lipinski definition) is 3. The van der Waals surface area contributed by atoms with Gasteiger partial charge in [-0.1, -0.05) is 0 Å². The minimum absolute atomic E-state index is 0.166. The van der Waals surface area contributed by atoms with Gasteiger partial charge in [0.25, 0.3) is 11.5 Å². The van der Waals surface area contributed by atoms with Gasteiger partial charge >= 0.3 is 0 Å². The molecule has 21 heavy (non-hydrogen) atoms. The monoisotopic (exact) mass is 291 g/mol. The molecule has 5 nitrogen and oxygen atoms in total. The van der Waals surface area contributed by atoms with Crippen LogP contribution in [-0.4, -0.2) is 53.4 Å². The summed E-state index contributed by atoms with van der Waals surface area (Å²) >= 11 is 0. The maximum atomic E-state index is 12.6. The Morgan fingerprint density at radius 3 is 2.62 bits per heavy atom. The van der Waals surface area contributed by atoms with Gasteiger partial charge in [0.15, 0.2) is 0 Å². The molecular formula is C16H25N3O2. The Morgan fingerprint density at radius 1 is 1.33 bits per heavy atom. The largest absolute Gasteiger partial charge is 0.337 e. The Bertz CT molecular complexity index is 559. The van der Waals surface area contributed by atoms with Crippen molar-refractivity contribution >= 4 is 5.91 Å². The van der Waals surface area contributed by atoms with E-state index in [4.69, 9.17) is 0 Å². The second-order valence-electron chi connectivity index (χ2n) is 5.75. The van der Waals surface area contributed by atoms with Crippen molar-refractivity contribution < 1.29 is 4.79 Å². The van der Waals surface area contributed by atoms with E-state index in [2.05, 4.69) is 9.88 Å². The second-order valence-corrected chi connectivity index (χ2v) is 5.75. The maximum absolute atomic E-state index is 12.6. The van der Waals surface area contributed by atoms with Gasteiger partial charge in [0.1, 0.15) is 5.56 Å². The number of likely N-dealkylation sites (tertiary alicyclic amines) is 1. The Balaban J connectivity index is 2.08. The number of nitrogens with zero attached hydrogens (tertiary/aromatic N) is 2. The third-order valence-corrected chi connectivity index (χ3v) is 4.28. The molecule has 1 aliphatic heterocycles. The van der Waals surface area contributed by atoms with Gasteiger partial charge in [-0.15, -0.1) is 0 Å². The van der Waals surface area contributed by atoms with Gasteiger partial charge in [-0.2, -0.15) is 0 Å². The number of carbonyl (C=O) groups is 1. The molecule has 0 unspecified atom stereocenters. The average molecular weight is 291 g/mol. The molecule has 0 radical (unpaired) electrons. The van der Waals surface area contributed by atoms with Crippen molar-refractivity contribution in [1.82, 2.24) is 14.8 Å². The predicted octanol–water partition coefficient (Wildman–Crippen LogP) is 1.55. The number of aromatic amines is 1. The summed E-state index contributed by atoms with van der Waals surface area (Å²) in [6.45, 7) is 10.1. The number of carbonyl (C=O) groups excluding carboxylic acids is 1. The number of rotatable bonds is 5. The van der Waals surface area contributed by atoms with Gasteiger partial charge in [-0.05, 0) is 58.3 Å². The van der Waals surface area contributed by atoms with Crippen LogP contribution in [0.5, 0.6) is 0 Å². The van der Waals surface area contributed by atoms with Gasteiger partial charge in [0, 0.05) is 25.3 Å². The molecule has 1 saturated heterocycles. The van der Waals surface area contributed by atoms with Crippen molar-refractivity contribution in [2.24, 2.45) is 0 Å². The van der Waals surface area contributed by atoms with E-state index in [-0.39, 0.29) is 17.0 Å². The SMILES string of the molecule is CCN(CCN1CCCC1)C(=O)c1cc(C)c(C)[nH]c1=O. The minimum atomic E-state index is -0.289. The molecule has 5 heteroatoms. The van der Waals surface area contributed by atoms with Crippen molar-refractivity contribution in [3.63, 3.8) is 0 Å². The lowest BCUT2D eigenvalue weighted by Crippen LogP contribution is -2.40.